The molecule has 0 saturated heterocycles. The van der Waals surface area contributed by atoms with Gasteiger partial charge in [-0.1, -0.05) is 6.07 Å². The maximum atomic E-state index is 13.7. The van der Waals surface area contributed by atoms with Gasteiger partial charge in [0.1, 0.15) is 22.6 Å². The molecule has 1 aromatic carbocycles. The summed E-state index contributed by atoms with van der Waals surface area (Å²) in [7, 11) is 0. The molecule has 6 nitrogen and oxygen atoms in total. The van der Waals surface area contributed by atoms with Crippen molar-refractivity contribution in [1.29, 1.82) is 0 Å². The number of nitrogens with zero attached hydrogens (tertiary/aromatic N) is 4. The number of aliphatic hydroxyl groups is 1. The number of aliphatic hydroxyl groups excluding tert-OH is 1. The number of fused-ring (bicyclic) bond motifs is 1. The van der Waals surface area contributed by atoms with Crippen molar-refractivity contribution in [2.75, 3.05) is 6.61 Å². The molecule has 0 radical (unpaired) electrons. The molecule has 29 heavy (non-hydrogen) atoms. The van der Waals surface area contributed by atoms with Crippen molar-refractivity contribution < 1.29 is 14.2 Å². The second-order valence-electron chi connectivity index (χ2n) is 6.00. The molecule has 0 atom stereocenters. The van der Waals surface area contributed by atoms with Crippen molar-refractivity contribution >= 4 is 38.7 Å². The van der Waals surface area contributed by atoms with Crippen LogP contribution in [0, 0.1) is 5.82 Å². The second-order valence-corrected chi connectivity index (χ2v) is 8.05. The van der Waals surface area contributed by atoms with Gasteiger partial charge in [-0.25, -0.2) is 14.4 Å². The molecule has 3 heterocycles. The molecular formula is C20H17FN4O2S2. The Morgan fingerprint density at radius 3 is 2.90 bits per heavy atom. The average molecular weight is 429 g/mol. The summed E-state index contributed by atoms with van der Waals surface area (Å²) >= 11 is 3.00. The molecule has 148 valence electrons. The van der Waals surface area contributed by atoms with E-state index in [9.17, 15) is 9.50 Å². The molecule has 0 aliphatic rings. The van der Waals surface area contributed by atoms with Gasteiger partial charge in [0.05, 0.1) is 25.3 Å². The topological polar surface area (TPSA) is 80.0 Å². The van der Waals surface area contributed by atoms with Crippen LogP contribution < -0.4 is 4.74 Å². The summed E-state index contributed by atoms with van der Waals surface area (Å²) in [5.41, 5.74) is 1.94. The molecule has 0 bridgehead atoms. The maximum absolute atomic E-state index is 13.7. The number of benzene rings is 1. The number of azo groups is 1. The third-order valence-corrected chi connectivity index (χ3v) is 6.28. The maximum Gasteiger partial charge on any atom is 0.195 e. The van der Waals surface area contributed by atoms with Gasteiger partial charge in [0.25, 0.3) is 0 Å². The summed E-state index contributed by atoms with van der Waals surface area (Å²) in [5.74, 6) is 0.479. The van der Waals surface area contributed by atoms with Gasteiger partial charge in [-0.3, -0.25) is 0 Å². The Morgan fingerprint density at radius 1 is 1.24 bits per heavy atom. The Bertz CT molecular complexity index is 1160. The lowest BCUT2D eigenvalue weighted by molar-refractivity contribution is 0.284. The lowest BCUT2D eigenvalue weighted by Gasteiger charge is -2.10. The van der Waals surface area contributed by atoms with Crippen LogP contribution >= 0.6 is 22.7 Å². The van der Waals surface area contributed by atoms with Gasteiger partial charge >= 0.3 is 0 Å². The van der Waals surface area contributed by atoms with Crippen LogP contribution in [0.3, 0.4) is 0 Å². The number of halogens is 1. The van der Waals surface area contributed by atoms with Crippen molar-refractivity contribution in [2.24, 2.45) is 10.2 Å². The van der Waals surface area contributed by atoms with E-state index < -0.39 is 0 Å². The molecule has 9 heteroatoms. The summed E-state index contributed by atoms with van der Waals surface area (Å²) < 4.78 is 20.0. The summed E-state index contributed by atoms with van der Waals surface area (Å²) in [4.78, 5) is 10.4. The molecule has 0 aliphatic carbocycles. The van der Waals surface area contributed by atoms with E-state index in [1.54, 1.807) is 17.4 Å². The minimum Gasteiger partial charge on any atom is -0.493 e. The van der Waals surface area contributed by atoms with Crippen LogP contribution in [0.25, 0.3) is 20.7 Å². The Kier molecular flexibility index (Phi) is 5.89. The molecule has 0 amide bonds. The zero-order chi connectivity index (χ0) is 20.2. The Labute approximate surface area is 174 Å². The van der Waals surface area contributed by atoms with Gasteiger partial charge in [0, 0.05) is 26.9 Å². The van der Waals surface area contributed by atoms with Crippen LogP contribution in [0.1, 0.15) is 17.4 Å². The van der Waals surface area contributed by atoms with Gasteiger partial charge < -0.3 is 9.84 Å². The number of rotatable bonds is 7. The molecule has 0 fully saturated rings. The van der Waals surface area contributed by atoms with Crippen molar-refractivity contribution in [2.45, 2.75) is 20.1 Å². The van der Waals surface area contributed by atoms with Crippen LogP contribution in [0.5, 0.6) is 5.75 Å². The normalized spacial score (nSPS) is 11.6. The molecule has 0 spiro atoms. The monoisotopic (exact) mass is 428 g/mol. The molecule has 4 aromatic rings. The molecule has 0 aliphatic heterocycles. The van der Waals surface area contributed by atoms with Crippen LogP contribution in [0.15, 0.2) is 52.3 Å². The van der Waals surface area contributed by atoms with Crippen molar-refractivity contribution in [3.8, 4) is 16.2 Å². The summed E-state index contributed by atoms with van der Waals surface area (Å²) in [6, 6.07) is 8.33. The quantitative estimate of drug-likeness (QED) is 0.381. The summed E-state index contributed by atoms with van der Waals surface area (Å²) in [6.07, 6.45) is 1.41. The van der Waals surface area contributed by atoms with Crippen molar-refractivity contribution in [3.05, 3.63) is 58.3 Å². The molecule has 3 aromatic heterocycles. The van der Waals surface area contributed by atoms with E-state index in [-0.39, 0.29) is 12.4 Å². The molecule has 0 saturated carbocycles. The predicted molar refractivity (Wildman–Crippen MR) is 112 cm³/mol. The highest BCUT2D eigenvalue weighted by Gasteiger charge is 2.20. The first-order valence-electron chi connectivity index (χ1n) is 8.91. The first-order chi connectivity index (χ1) is 14.2. The fourth-order valence-electron chi connectivity index (χ4n) is 2.91. The lowest BCUT2D eigenvalue weighted by Crippen LogP contribution is -1.95. The Balaban J connectivity index is 1.79. The van der Waals surface area contributed by atoms with Gasteiger partial charge in [0.2, 0.25) is 0 Å². The van der Waals surface area contributed by atoms with Crippen LogP contribution in [-0.4, -0.2) is 21.7 Å². The van der Waals surface area contributed by atoms with E-state index in [2.05, 4.69) is 20.2 Å². The third-order valence-electron chi connectivity index (χ3n) is 4.17. The highest BCUT2D eigenvalue weighted by molar-refractivity contribution is 7.23. The number of hydrogen-bond donors (Lipinski definition) is 1. The van der Waals surface area contributed by atoms with E-state index >= 15 is 0 Å². The first kappa shape index (κ1) is 19.6. The Morgan fingerprint density at radius 2 is 2.14 bits per heavy atom. The zero-order valence-electron chi connectivity index (χ0n) is 15.5. The standard InChI is InChI=1S/C20H17FN4O2S2/c1-2-27-16-8-12(21)5-6-14(16)18-15(10-26)17-19(29-18)20(23-11-22-17)25-24-9-13-4-3-7-28-13/h3-8,11,26H,2,9-10H2,1H3. The fourth-order valence-corrected chi connectivity index (χ4v) is 4.76. The molecular weight excluding hydrogens is 411 g/mol. The number of thiophene rings is 2. The first-order valence-corrected chi connectivity index (χ1v) is 10.6. The average Bonchev–Trinajstić information content (AvgIpc) is 3.36. The van der Waals surface area contributed by atoms with E-state index in [0.29, 0.717) is 46.1 Å². The van der Waals surface area contributed by atoms with E-state index in [1.807, 2.05) is 24.4 Å². The Hall–Kier alpha value is -2.75. The van der Waals surface area contributed by atoms with E-state index in [1.165, 1.54) is 29.8 Å². The fraction of sp³-hybridized carbons (Fsp3) is 0.200. The number of hydrogen-bond acceptors (Lipinski definition) is 8. The predicted octanol–water partition coefficient (Wildman–Crippen LogP) is 5.73. The van der Waals surface area contributed by atoms with E-state index in [0.717, 1.165) is 9.75 Å². The second kappa shape index (κ2) is 8.73. The zero-order valence-corrected chi connectivity index (χ0v) is 17.1. The highest BCUT2D eigenvalue weighted by atomic mass is 32.1. The molecule has 4 rings (SSSR count). The lowest BCUT2D eigenvalue weighted by atomic mass is 10.1. The van der Waals surface area contributed by atoms with E-state index in [4.69, 9.17) is 4.74 Å². The van der Waals surface area contributed by atoms with Gasteiger partial charge in [-0.15, -0.1) is 27.8 Å². The molecule has 0 unspecified atom stereocenters. The van der Waals surface area contributed by atoms with Gasteiger partial charge in [-0.05, 0) is 30.5 Å². The number of aromatic nitrogens is 2. The number of ether oxygens (including phenoxy) is 1. The van der Waals surface area contributed by atoms with Crippen LogP contribution in [0.4, 0.5) is 10.2 Å². The van der Waals surface area contributed by atoms with Gasteiger partial charge in [-0.2, -0.15) is 5.11 Å². The minimum atomic E-state index is -0.383. The minimum absolute atomic E-state index is 0.221. The van der Waals surface area contributed by atoms with Crippen molar-refractivity contribution in [1.82, 2.24) is 9.97 Å². The SMILES string of the molecule is CCOc1cc(F)ccc1-c1sc2c(N=NCc3cccs3)ncnc2c1CO. The summed E-state index contributed by atoms with van der Waals surface area (Å²) in [5, 5.41) is 20.5. The highest BCUT2D eigenvalue weighted by Crippen LogP contribution is 2.44. The van der Waals surface area contributed by atoms with Gasteiger partial charge in [0.15, 0.2) is 5.82 Å². The smallest absolute Gasteiger partial charge is 0.195 e. The van der Waals surface area contributed by atoms with Crippen LogP contribution in [-0.2, 0) is 13.2 Å². The third kappa shape index (κ3) is 4.02. The molecule has 1 N–H and O–H groups in total. The largest absolute Gasteiger partial charge is 0.493 e. The van der Waals surface area contributed by atoms with Crippen molar-refractivity contribution in [3.63, 3.8) is 0 Å². The summed E-state index contributed by atoms with van der Waals surface area (Å²) in [6.45, 7) is 2.49. The van der Waals surface area contributed by atoms with Crippen LogP contribution in [0.2, 0.25) is 0 Å².